The maximum Gasteiger partial charge on any atom is 0.337 e. The maximum atomic E-state index is 12.6. The van der Waals surface area contributed by atoms with Gasteiger partial charge in [0.15, 0.2) is 11.5 Å². The first-order chi connectivity index (χ1) is 11.1. The quantitative estimate of drug-likeness (QED) is 0.839. The molecule has 0 aliphatic carbocycles. The number of likely N-dealkylation sites (tertiary alicyclic amines) is 1. The predicted octanol–water partition coefficient (Wildman–Crippen LogP) is 2.63. The molecule has 3 heterocycles. The van der Waals surface area contributed by atoms with Crippen molar-refractivity contribution in [2.75, 3.05) is 13.1 Å². The molecule has 3 rings (SSSR count). The van der Waals surface area contributed by atoms with Crippen molar-refractivity contribution in [1.82, 2.24) is 20.3 Å². The molecule has 0 bridgehead atoms. The summed E-state index contributed by atoms with van der Waals surface area (Å²) in [6, 6.07) is 0. The zero-order valence-corrected chi connectivity index (χ0v) is 13.0. The van der Waals surface area contributed by atoms with Gasteiger partial charge in [0.1, 0.15) is 11.3 Å². The number of nitrogens with one attached hydrogen (secondary N) is 1. The molecular formula is C14H18N6O3. The van der Waals surface area contributed by atoms with Crippen LogP contribution in [0.3, 0.4) is 0 Å². The second-order valence-corrected chi connectivity index (χ2v) is 5.37. The average molecular weight is 318 g/mol. The summed E-state index contributed by atoms with van der Waals surface area (Å²) in [4.78, 5) is 14.4. The fourth-order valence-electron chi connectivity index (χ4n) is 2.57. The lowest BCUT2D eigenvalue weighted by atomic mass is 10.2. The van der Waals surface area contributed by atoms with E-state index in [0.29, 0.717) is 23.4 Å². The fraction of sp³-hybridized carbons (Fsp3) is 0.500. The number of hydrogen-bond acceptors (Lipinski definition) is 7. The van der Waals surface area contributed by atoms with Crippen LogP contribution in [0.25, 0.3) is 0 Å². The van der Waals surface area contributed by atoms with Gasteiger partial charge in [0, 0.05) is 13.1 Å². The molecule has 1 saturated heterocycles. The number of azo groups is 1. The third-order valence-electron chi connectivity index (χ3n) is 3.84. The first-order valence-electron chi connectivity index (χ1n) is 7.55. The summed E-state index contributed by atoms with van der Waals surface area (Å²) in [6.07, 6.45) is 2.56. The van der Waals surface area contributed by atoms with Gasteiger partial charge in [-0.1, -0.05) is 12.1 Å². The van der Waals surface area contributed by atoms with Gasteiger partial charge in [-0.3, -0.25) is 9.89 Å². The van der Waals surface area contributed by atoms with Gasteiger partial charge in [-0.15, -0.1) is 10.2 Å². The molecular weight excluding hydrogens is 300 g/mol. The van der Waals surface area contributed by atoms with E-state index in [0.717, 1.165) is 25.9 Å². The standard InChI is InChI=1S/C14H18N6O3/c1-3-9-11(14(22)23-19-9)16-18-12-10(8(2)15-17-12)13(21)20-6-4-5-7-20/h22H,3-7H2,1-2H3,(H,15,17). The SMILES string of the molecule is CCc1noc(O)c1N=Nc1[nH]nc(C)c1C(=O)N1CCCC1. The van der Waals surface area contributed by atoms with Gasteiger partial charge in [-0.05, 0) is 26.2 Å². The number of aromatic nitrogens is 3. The predicted molar refractivity (Wildman–Crippen MR) is 80.2 cm³/mol. The van der Waals surface area contributed by atoms with Crippen molar-refractivity contribution < 1.29 is 14.4 Å². The third kappa shape index (κ3) is 2.81. The van der Waals surface area contributed by atoms with Gasteiger partial charge >= 0.3 is 5.95 Å². The zero-order chi connectivity index (χ0) is 16.4. The van der Waals surface area contributed by atoms with E-state index in [4.69, 9.17) is 0 Å². The Morgan fingerprint density at radius 3 is 2.83 bits per heavy atom. The zero-order valence-electron chi connectivity index (χ0n) is 13.0. The number of hydrogen-bond donors (Lipinski definition) is 2. The highest BCUT2D eigenvalue weighted by atomic mass is 16.5. The molecule has 2 aromatic rings. The second kappa shape index (κ2) is 6.19. The number of aromatic amines is 1. The first-order valence-corrected chi connectivity index (χ1v) is 7.55. The molecule has 0 spiro atoms. The Balaban J connectivity index is 1.90. The van der Waals surface area contributed by atoms with Gasteiger partial charge in [-0.2, -0.15) is 5.10 Å². The number of amides is 1. The highest BCUT2D eigenvalue weighted by molar-refractivity contribution is 5.99. The summed E-state index contributed by atoms with van der Waals surface area (Å²) < 4.78 is 4.69. The molecule has 0 aromatic carbocycles. The summed E-state index contributed by atoms with van der Waals surface area (Å²) in [5.41, 5.74) is 1.64. The van der Waals surface area contributed by atoms with Crippen LogP contribution < -0.4 is 0 Å². The molecule has 1 amide bonds. The van der Waals surface area contributed by atoms with Gasteiger partial charge < -0.3 is 14.5 Å². The molecule has 0 saturated carbocycles. The van der Waals surface area contributed by atoms with Crippen molar-refractivity contribution in [3.05, 3.63) is 17.0 Å². The highest BCUT2D eigenvalue weighted by Crippen LogP contribution is 2.33. The number of H-pyrrole nitrogens is 1. The molecule has 9 heteroatoms. The molecule has 23 heavy (non-hydrogen) atoms. The fourth-order valence-corrected chi connectivity index (χ4v) is 2.57. The van der Waals surface area contributed by atoms with E-state index in [1.807, 2.05) is 6.92 Å². The molecule has 9 nitrogen and oxygen atoms in total. The van der Waals surface area contributed by atoms with Crippen molar-refractivity contribution in [1.29, 1.82) is 0 Å². The van der Waals surface area contributed by atoms with Crippen LogP contribution in [0, 0.1) is 6.92 Å². The van der Waals surface area contributed by atoms with E-state index >= 15 is 0 Å². The monoisotopic (exact) mass is 318 g/mol. The number of carbonyl (C=O) groups is 1. The van der Waals surface area contributed by atoms with E-state index in [9.17, 15) is 9.90 Å². The van der Waals surface area contributed by atoms with Crippen molar-refractivity contribution in [3.63, 3.8) is 0 Å². The van der Waals surface area contributed by atoms with Crippen LogP contribution in [0.4, 0.5) is 11.5 Å². The molecule has 2 N–H and O–H groups in total. The minimum Gasteiger partial charge on any atom is -0.478 e. The van der Waals surface area contributed by atoms with Crippen LogP contribution in [-0.2, 0) is 6.42 Å². The van der Waals surface area contributed by atoms with Crippen LogP contribution in [0.15, 0.2) is 14.8 Å². The molecule has 1 aliphatic heterocycles. The Kier molecular flexibility index (Phi) is 4.09. The summed E-state index contributed by atoms with van der Waals surface area (Å²) in [5, 5.41) is 28.1. The van der Waals surface area contributed by atoms with E-state index in [1.54, 1.807) is 11.8 Å². The number of rotatable bonds is 4. The topological polar surface area (TPSA) is 120 Å². The summed E-state index contributed by atoms with van der Waals surface area (Å²) in [7, 11) is 0. The summed E-state index contributed by atoms with van der Waals surface area (Å²) in [6.45, 7) is 5.09. The van der Waals surface area contributed by atoms with E-state index in [-0.39, 0.29) is 17.4 Å². The number of carbonyl (C=O) groups excluding carboxylic acids is 1. The van der Waals surface area contributed by atoms with Gasteiger partial charge in [0.25, 0.3) is 5.91 Å². The maximum absolute atomic E-state index is 12.6. The highest BCUT2D eigenvalue weighted by Gasteiger charge is 2.26. The molecule has 122 valence electrons. The van der Waals surface area contributed by atoms with E-state index in [1.165, 1.54) is 0 Å². The molecule has 1 aliphatic rings. The number of aryl methyl sites for hydroxylation is 2. The summed E-state index contributed by atoms with van der Waals surface area (Å²) >= 11 is 0. The van der Waals surface area contributed by atoms with Crippen LogP contribution in [-0.4, -0.2) is 44.4 Å². The molecule has 2 aromatic heterocycles. The minimum absolute atomic E-state index is 0.104. The van der Waals surface area contributed by atoms with Crippen molar-refractivity contribution in [2.24, 2.45) is 10.2 Å². The van der Waals surface area contributed by atoms with Crippen LogP contribution in [0.2, 0.25) is 0 Å². The second-order valence-electron chi connectivity index (χ2n) is 5.37. The van der Waals surface area contributed by atoms with Crippen LogP contribution >= 0.6 is 0 Å². The van der Waals surface area contributed by atoms with Crippen LogP contribution in [0.1, 0.15) is 41.5 Å². The van der Waals surface area contributed by atoms with E-state index < -0.39 is 5.95 Å². The van der Waals surface area contributed by atoms with Crippen LogP contribution in [0.5, 0.6) is 5.95 Å². The first kappa shape index (κ1) is 15.2. The Labute approximate surface area is 132 Å². The normalized spacial score (nSPS) is 15.0. The Bertz CT molecular complexity index is 742. The largest absolute Gasteiger partial charge is 0.478 e. The molecule has 1 fully saturated rings. The van der Waals surface area contributed by atoms with Crippen molar-refractivity contribution >= 4 is 17.4 Å². The lowest BCUT2D eigenvalue weighted by Crippen LogP contribution is -2.27. The van der Waals surface area contributed by atoms with Crippen molar-refractivity contribution in [3.8, 4) is 5.95 Å². The van der Waals surface area contributed by atoms with Gasteiger partial charge in [-0.25, -0.2) is 0 Å². The lowest BCUT2D eigenvalue weighted by molar-refractivity contribution is 0.0793. The Morgan fingerprint density at radius 1 is 1.39 bits per heavy atom. The van der Waals surface area contributed by atoms with E-state index in [2.05, 4.69) is 30.1 Å². The minimum atomic E-state index is -0.394. The lowest BCUT2D eigenvalue weighted by Gasteiger charge is -2.14. The number of aromatic hydroxyl groups is 1. The van der Waals surface area contributed by atoms with Crippen molar-refractivity contribution in [2.45, 2.75) is 33.1 Å². The average Bonchev–Trinajstić information content (AvgIpc) is 3.25. The third-order valence-corrected chi connectivity index (χ3v) is 3.84. The van der Waals surface area contributed by atoms with Gasteiger partial charge in [0.05, 0.1) is 5.69 Å². The Morgan fingerprint density at radius 2 is 2.13 bits per heavy atom. The molecule has 0 unspecified atom stereocenters. The molecule has 0 atom stereocenters. The Hall–Kier alpha value is -2.71. The van der Waals surface area contributed by atoms with Gasteiger partial charge in [0.2, 0.25) is 0 Å². The smallest absolute Gasteiger partial charge is 0.337 e. The number of nitrogens with zero attached hydrogens (tertiary/aromatic N) is 5. The molecule has 0 radical (unpaired) electrons. The summed E-state index contributed by atoms with van der Waals surface area (Å²) in [5.74, 6) is -0.232.